The highest BCUT2D eigenvalue weighted by Gasteiger charge is 2.44. The van der Waals surface area contributed by atoms with Gasteiger partial charge in [-0.05, 0) is 85.8 Å². The van der Waals surface area contributed by atoms with E-state index in [1.807, 2.05) is 13.1 Å². The summed E-state index contributed by atoms with van der Waals surface area (Å²) >= 11 is 3.06. The summed E-state index contributed by atoms with van der Waals surface area (Å²) in [5, 5.41) is 4.30. The quantitative estimate of drug-likeness (QED) is 0.345. The molecule has 1 aliphatic heterocycles. The molecular formula is C27H24F3N3S2. The fraction of sp³-hybridized carbons (Fsp3) is 0.222. The van der Waals surface area contributed by atoms with Crippen molar-refractivity contribution in [2.24, 2.45) is 5.41 Å². The van der Waals surface area contributed by atoms with Gasteiger partial charge in [0.1, 0.15) is 10.8 Å². The third-order valence-electron chi connectivity index (χ3n) is 6.41. The number of aryl methyl sites for hydroxylation is 1. The number of nitrogens with zero attached hydrogens (tertiary/aromatic N) is 2. The Labute approximate surface area is 211 Å². The Morgan fingerprint density at radius 3 is 2.66 bits per heavy atom. The zero-order chi connectivity index (χ0) is 24.6. The van der Waals surface area contributed by atoms with Gasteiger partial charge in [0.2, 0.25) is 0 Å². The van der Waals surface area contributed by atoms with Crippen LogP contribution in [0.1, 0.15) is 22.7 Å². The van der Waals surface area contributed by atoms with Crippen molar-refractivity contribution in [3.8, 4) is 0 Å². The highest BCUT2D eigenvalue weighted by Crippen LogP contribution is 2.52. The lowest BCUT2D eigenvalue weighted by Gasteiger charge is -2.46. The summed E-state index contributed by atoms with van der Waals surface area (Å²) in [6, 6.07) is 10.3. The minimum absolute atomic E-state index is 0.272. The average molecular weight is 512 g/mol. The first-order valence-electron chi connectivity index (χ1n) is 11.3. The predicted octanol–water partition coefficient (Wildman–Crippen LogP) is 7.61. The van der Waals surface area contributed by atoms with Crippen molar-refractivity contribution < 1.29 is 13.2 Å². The Balaban J connectivity index is 1.43. The Kier molecular flexibility index (Phi) is 6.61. The predicted molar refractivity (Wildman–Crippen MR) is 138 cm³/mol. The lowest BCUT2D eigenvalue weighted by Crippen LogP contribution is -2.43. The van der Waals surface area contributed by atoms with Gasteiger partial charge in [0.25, 0.3) is 0 Å². The van der Waals surface area contributed by atoms with Crippen LogP contribution in [0.5, 0.6) is 0 Å². The molecule has 1 N–H and O–H groups in total. The van der Waals surface area contributed by atoms with Crippen LogP contribution in [0.15, 0.2) is 83.6 Å². The second-order valence-electron chi connectivity index (χ2n) is 8.78. The van der Waals surface area contributed by atoms with E-state index in [1.54, 1.807) is 29.5 Å². The van der Waals surface area contributed by atoms with Crippen molar-refractivity contribution in [1.29, 1.82) is 0 Å². The van der Waals surface area contributed by atoms with E-state index in [9.17, 15) is 13.2 Å². The lowest BCUT2D eigenvalue weighted by atomic mass is 9.66. The molecule has 1 unspecified atom stereocenters. The Morgan fingerprint density at radius 2 is 1.94 bits per heavy atom. The van der Waals surface area contributed by atoms with Crippen molar-refractivity contribution in [3.63, 3.8) is 0 Å². The molecule has 180 valence electrons. The van der Waals surface area contributed by atoms with Crippen LogP contribution in [0.4, 0.5) is 18.9 Å². The second-order valence-corrected chi connectivity index (χ2v) is 11.2. The highest BCUT2D eigenvalue weighted by atomic mass is 32.2. The van der Waals surface area contributed by atoms with Crippen molar-refractivity contribution in [3.05, 3.63) is 106 Å². The van der Waals surface area contributed by atoms with Gasteiger partial charge >= 0.3 is 0 Å². The standard InChI is InChI=1S/C27H24F3N3S2/c1-17-15-31-26(34-17)18(2)27-11-9-22(32-21-5-3-20(28)4-6-21)13-19(27)10-12-33(16-27)35-23-7-8-24(29)25(30)14-23/h3-9,13-15,32H,2,10-12,16H2,1H3. The van der Waals surface area contributed by atoms with E-state index in [0.29, 0.717) is 17.9 Å². The molecule has 2 aromatic carbocycles. The van der Waals surface area contributed by atoms with Gasteiger partial charge in [0.05, 0.1) is 0 Å². The molecule has 1 aliphatic carbocycles. The summed E-state index contributed by atoms with van der Waals surface area (Å²) in [7, 11) is 0. The molecule has 0 spiro atoms. The van der Waals surface area contributed by atoms with E-state index in [4.69, 9.17) is 0 Å². The van der Waals surface area contributed by atoms with Crippen LogP contribution in [0.2, 0.25) is 0 Å². The smallest absolute Gasteiger partial charge is 0.159 e. The molecule has 0 radical (unpaired) electrons. The SMILES string of the molecule is C=C(c1ncc(C)s1)C12CC=C(Nc3ccc(F)cc3)C=C1CCN(Sc1ccc(F)c(F)c1)C2. The van der Waals surface area contributed by atoms with Gasteiger partial charge in [0.15, 0.2) is 11.6 Å². The fourth-order valence-corrected chi connectivity index (χ4v) is 6.45. The maximum atomic E-state index is 13.8. The number of halogens is 3. The normalized spacial score (nSPS) is 20.1. The molecular weight excluding hydrogens is 487 g/mol. The maximum absolute atomic E-state index is 13.8. The Bertz CT molecular complexity index is 1330. The average Bonchev–Trinajstić information content (AvgIpc) is 3.28. The fourth-order valence-electron chi connectivity index (χ4n) is 4.56. The summed E-state index contributed by atoms with van der Waals surface area (Å²) in [6.07, 6.45) is 7.68. The molecule has 0 amide bonds. The summed E-state index contributed by atoms with van der Waals surface area (Å²) < 4.78 is 42.7. The first-order valence-corrected chi connectivity index (χ1v) is 12.9. The number of hydrogen-bond acceptors (Lipinski definition) is 5. The summed E-state index contributed by atoms with van der Waals surface area (Å²) in [6.45, 7) is 7.94. The number of anilines is 1. The van der Waals surface area contributed by atoms with Crippen LogP contribution in [0, 0.1) is 29.8 Å². The van der Waals surface area contributed by atoms with E-state index in [-0.39, 0.29) is 11.2 Å². The molecule has 1 atom stereocenters. The number of thiazole rings is 1. The lowest BCUT2D eigenvalue weighted by molar-refractivity contribution is 0.289. The van der Waals surface area contributed by atoms with E-state index >= 15 is 0 Å². The zero-order valence-corrected chi connectivity index (χ0v) is 20.8. The van der Waals surface area contributed by atoms with Gasteiger partial charge in [-0.1, -0.05) is 18.2 Å². The van der Waals surface area contributed by atoms with Gasteiger partial charge in [-0.2, -0.15) is 0 Å². The minimum Gasteiger partial charge on any atom is -0.356 e. The number of piperidine rings is 1. The number of fused-ring (bicyclic) bond motifs is 1. The van der Waals surface area contributed by atoms with Gasteiger partial charge < -0.3 is 5.32 Å². The Morgan fingerprint density at radius 1 is 1.14 bits per heavy atom. The van der Waals surface area contributed by atoms with Crippen molar-refractivity contribution in [1.82, 2.24) is 9.29 Å². The molecule has 0 bridgehead atoms. The molecule has 2 heterocycles. The van der Waals surface area contributed by atoms with E-state index < -0.39 is 11.6 Å². The van der Waals surface area contributed by atoms with Crippen molar-refractivity contribution in [2.75, 3.05) is 18.4 Å². The first-order chi connectivity index (χ1) is 16.8. The molecule has 3 aromatic rings. The monoisotopic (exact) mass is 511 g/mol. The zero-order valence-electron chi connectivity index (χ0n) is 19.2. The number of aromatic nitrogens is 1. The van der Waals surface area contributed by atoms with Crippen molar-refractivity contribution in [2.45, 2.75) is 24.7 Å². The van der Waals surface area contributed by atoms with Crippen molar-refractivity contribution >= 4 is 34.5 Å². The number of allylic oxidation sites excluding steroid dienone is 2. The summed E-state index contributed by atoms with van der Waals surface area (Å²) in [4.78, 5) is 6.39. The number of hydrogen-bond donors (Lipinski definition) is 1. The van der Waals surface area contributed by atoms with Gasteiger partial charge in [-0.3, -0.25) is 0 Å². The van der Waals surface area contributed by atoms with Crippen LogP contribution in [0.3, 0.4) is 0 Å². The third kappa shape index (κ3) is 4.96. The van der Waals surface area contributed by atoms with Gasteiger partial charge in [-0.15, -0.1) is 11.3 Å². The molecule has 1 fully saturated rings. The molecule has 2 aliphatic rings. The largest absolute Gasteiger partial charge is 0.356 e. The van der Waals surface area contributed by atoms with Crippen LogP contribution in [0.25, 0.3) is 5.57 Å². The van der Waals surface area contributed by atoms with Gasteiger partial charge in [0, 0.05) is 45.9 Å². The van der Waals surface area contributed by atoms with Gasteiger partial charge in [-0.25, -0.2) is 22.5 Å². The maximum Gasteiger partial charge on any atom is 0.159 e. The molecule has 3 nitrogen and oxygen atoms in total. The number of nitrogens with one attached hydrogen (secondary N) is 1. The summed E-state index contributed by atoms with van der Waals surface area (Å²) in [5.74, 6) is -1.96. The van der Waals surface area contributed by atoms with E-state index in [1.165, 1.54) is 35.7 Å². The third-order valence-corrected chi connectivity index (χ3v) is 8.41. The van der Waals surface area contributed by atoms with Crippen LogP contribution in [-0.4, -0.2) is 22.4 Å². The molecule has 35 heavy (non-hydrogen) atoms. The molecule has 1 saturated heterocycles. The molecule has 1 aromatic heterocycles. The number of benzene rings is 2. The molecule has 0 saturated carbocycles. The Hall–Kier alpha value is -2.81. The number of rotatable bonds is 6. The second kappa shape index (κ2) is 9.68. The molecule has 5 rings (SSSR count). The summed E-state index contributed by atoms with van der Waals surface area (Å²) in [5.41, 5.74) is 3.65. The van der Waals surface area contributed by atoms with E-state index in [0.717, 1.165) is 45.9 Å². The van der Waals surface area contributed by atoms with E-state index in [2.05, 4.69) is 33.3 Å². The molecule has 8 heteroatoms. The topological polar surface area (TPSA) is 28.2 Å². The first kappa shape index (κ1) is 23.9. The van der Waals surface area contributed by atoms with Crippen LogP contribution >= 0.6 is 23.3 Å². The minimum atomic E-state index is -0.846. The highest BCUT2D eigenvalue weighted by molar-refractivity contribution is 7.97. The van der Waals surface area contributed by atoms with Crippen LogP contribution < -0.4 is 5.32 Å². The van der Waals surface area contributed by atoms with Crippen LogP contribution in [-0.2, 0) is 0 Å².